The first-order valence-electron chi connectivity index (χ1n) is 12.5. The average molecular weight is 630 g/mol. The Bertz CT molecular complexity index is 1190. The molecule has 17 heteroatoms. The van der Waals surface area contributed by atoms with Crippen LogP contribution in [0, 0.1) is 17.0 Å². The minimum Gasteiger partial charge on any atom is -0.475 e. The van der Waals surface area contributed by atoms with Crippen LogP contribution < -0.4 is 0 Å². The maximum absolute atomic E-state index is 13.5. The van der Waals surface area contributed by atoms with Crippen LogP contribution in [0.1, 0.15) is 28.8 Å². The first-order valence-corrected chi connectivity index (χ1v) is 12.5. The van der Waals surface area contributed by atoms with Crippen LogP contribution in [0.3, 0.4) is 0 Å². The van der Waals surface area contributed by atoms with Crippen LogP contribution >= 0.6 is 0 Å². The van der Waals surface area contributed by atoms with E-state index in [1.807, 2.05) is 12.1 Å². The van der Waals surface area contributed by atoms with Gasteiger partial charge in [-0.05, 0) is 42.7 Å². The predicted octanol–water partition coefficient (Wildman–Crippen LogP) is 4.38. The summed E-state index contributed by atoms with van der Waals surface area (Å²) >= 11 is 0. The Kier molecular flexibility index (Phi) is 12.4. The number of piperidine rings is 1. The predicted molar refractivity (Wildman–Crippen MR) is 132 cm³/mol. The van der Waals surface area contributed by atoms with Crippen molar-refractivity contribution in [3.8, 4) is 0 Å². The first kappa shape index (κ1) is 35.3. The van der Waals surface area contributed by atoms with Crippen molar-refractivity contribution < 1.29 is 64.5 Å². The lowest BCUT2D eigenvalue weighted by Gasteiger charge is -2.42. The molecule has 238 valence electrons. The number of carbonyl (C=O) groups is 3. The molecule has 1 spiro atoms. The number of halogens is 8. The van der Waals surface area contributed by atoms with E-state index in [0.717, 1.165) is 50.7 Å². The number of hydrogen-bond donors (Lipinski definition) is 2. The zero-order valence-corrected chi connectivity index (χ0v) is 22.3. The monoisotopic (exact) mass is 629 g/mol. The summed E-state index contributed by atoms with van der Waals surface area (Å²) in [5, 5.41) is 14.2. The minimum atomic E-state index is -5.08. The Morgan fingerprint density at radius 3 is 1.81 bits per heavy atom. The number of aromatic nitrogens is 1. The largest absolute Gasteiger partial charge is 0.490 e. The molecule has 2 N–H and O–H groups in total. The van der Waals surface area contributed by atoms with Crippen LogP contribution in [-0.2, 0) is 20.9 Å². The van der Waals surface area contributed by atoms with E-state index in [1.54, 1.807) is 17.3 Å². The summed E-state index contributed by atoms with van der Waals surface area (Å²) in [7, 11) is 0. The normalized spacial score (nSPS) is 17.1. The zero-order chi connectivity index (χ0) is 32.4. The smallest absolute Gasteiger partial charge is 0.475 e. The summed E-state index contributed by atoms with van der Waals surface area (Å²) in [5.41, 5.74) is 1.28. The molecule has 0 saturated carbocycles. The lowest BCUT2D eigenvalue weighted by Crippen LogP contribution is -2.48. The van der Waals surface area contributed by atoms with Gasteiger partial charge in [-0.15, -0.1) is 0 Å². The lowest BCUT2D eigenvalue weighted by atomic mass is 9.78. The van der Waals surface area contributed by atoms with E-state index in [9.17, 15) is 39.9 Å². The number of carboxylic acids is 2. The maximum atomic E-state index is 13.5. The number of likely N-dealkylation sites (tertiary alicyclic amines) is 1. The van der Waals surface area contributed by atoms with Crippen LogP contribution in [0.2, 0.25) is 0 Å². The van der Waals surface area contributed by atoms with E-state index in [-0.39, 0.29) is 16.9 Å². The van der Waals surface area contributed by atoms with Gasteiger partial charge in [-0.1, -0.05) is 0 Å². The van der Waals surface area contributed by atoms with Crippen LogP contribution in [0.25, 0.3) is 0 Å². The van der Waals surface area contributed by atoms with Gasteiger partial charge in [-0.3, -0.25) is 14.7 Å². The van der Waals surface area contributed by atoms with E-state index in [0.29, 0.717) is 26.3 Å². The van der Waals surface area contributed by atoms with Crippen molar-refractivity contribution in [2.75, 3.05) is 39.4 Å². The lowest BCUT2D eigenvalue weighted by molar-refractivity contribution is -0.193. The number of amides is 1. The molecule has 4 rings (SSSR count). The molecule has 43 heavy (non-hydrogen) atoms. The van der Waals surface area contributed by atoms with Gasteiger partial charge in [0.05, 0.1) is 13.2 Å². The van der Waals surface area contributed by atoms with E-state index >= 15 is 0 Å². The van der Waals surface area contributed by atoms with Crippen molar-refractivity contribution in [1.29, 1.82) is 0 Å². The fraction of sp³-hybridized carbons (Fsp3) is 0.462. The van der Waals surface area contributed by atoms with Gasteiger partial charge in [0.15, 0.2) is 0 Å². The number of ether oxygens (including phenoxy) is 1. The topological polar surface area (TPSA) is 120 Å². The number of benzene rings is 1. The number of carboxylic acid groups (broad SMARTS) is 2. The van der Waals surface area contributed by atoms with Gasteiger partial charge in [0.1, 0.15) is 11.6 Å². The number of alkyl halides is 6. The van der Waals surface area contributed by atoms with Crippen molar-refractivity contribution in [3.63, 3.8) is 0 Å². The number of rotatable bonds is 3. The molecule has 0 radical (unpaired) electrons. The summed E-state index contributed by atoms with van der Waals surface area (Å²) in [6.07, 6.45) is -4.94. The Morgan fingerprint density at radius 1 is 0.860 bits per heavy atom. The third-order valence-corrected chi connectivity index (χ3v) is 6.38. The number of pyridine rings is 1. The molecule has 0 atom stereocenters. The highest BCUT2D eigenvalue weighted by Gasteiger charge is 2.40. The highest BCUT2D eigenvalue weighted by atomic mass is 19.4. The SMILES string of the molecule is O=C(O)C(F)(F)F.O=C(O)C(F)(F)F.O=C(c1cc(F)cc(F)c1)N1CCC2(CC1)COCCN(Cc1ccncc1)C2. The Morgan fingerprint density at radius 2 is 1.35 bits per heavy atom. The molecule has 1 aromatic carbocycles. The molecule has 2 aliphatic heterocycles. The van der Waals surface area contributed by atoms with E-state index in [4.69, 9.17) is 24.5 Å². The summed E-state index contributed by atoms with van der Waals surface area (Å²) in [6.45, 7) is 5.11. The fourth-order valence-corrected chi connectivity index (χ4v) is 4.31. The van der Waals surface area contributed by atoms with E-state index in [2.05, 4.69) is 9.88 Å². The summed E-state index contributed by atoms with van der Waals surface area (Å²) in [5.74, 6) is -7.29. The first-order chi connectivity index (χ1) is 19.9. The van der Waals surface area contributed by atoms with Crippen molar-refractivity contribution in [3.05, 3.63) is 65.5 Å². The standard InChI is InChI=1S/C22H25F2N3O2.2C2HF3O2/c23-19-11-18(12-20(24)13-19)21(28)27-7-3-22(4-8-27)15-26(9-10-29-16-22)14-17-1-5-25-6-2-17;2*3-2(4,5)1(6)7/h1-2,5-6,11-13H,3-4,7-10,14-16H2;2*(H,6,7). The molecule has 0 aliphatic carbocycles. The molecule has 0 bridgehead atoms. The van der Waals surface area contributed by atoms with Crippen molar-refractivity contribution in [2.45, 2.75) is 31.7 Å². The maximum Gasteiger partial charge on any atom is 0.490 e. The molecule has 3 heterocycles. The highest BCUT2D eigenvalue weighted by Crippen LogP contribution is 2.35. The molecule has 0 unspecified atom stereocenters. The quantitative estimate of drug-likeness (QED) is 0.481. The molecular weight excluding hydrogens is 602 g/mol. The zero-order valence-electron chi connectivity index (χ0n) is 22.3. The summed E-state index contributed by atoms with van der Waals surface area (Å²) in [6, 6.07) is 7.03. The minimum absolute atomic E-state index is 0.00645. The van der Waals surface area contributed by atoms with Gasteiger partial charge < -0.3 is 19.8 Å². The Labute approximate surface area is 239 Å². The fourth-order valence-electron chi connectivity index (χ4n) is 4.31. The molecule has 2 fully saturated rings. The second-order valence-electron chi connectivity index (χ2n) is 9.67. The Balaban J connectivity index is 0.000000384. The number of aliphatic carboxylic acids is 2. The van der Waals surface area contributed by atoms with Gasteiger partial charge in [-0.2, -0.15) is 26.3 Å². The van der Waals surface area contributed by atoms with Crippen LogP contribution in [-0.4, -0.2) is 94.6 Å². The number of nitrogens with zero attached hydrogens (tertiary/aromatic N) is 3. The van der Waals surface area contributed by atoms with Gasteiger partial charge in [0.2, 0.25) is 0 Å². The van der Waals surface area contributed by atoms with Crippen molar-refractivity contribution in [1.82, 2.24) is 14.8 Å². The second-order valence-corrected chi connectivity index (χ2v) is 9.67. The van der Waals surface area contributed by atoms with E-state index in [1.165, 1.54) is 5.56 Å². The molecule has 1 amide bonds. The highest BCUT2D eigenvalue weighted by molar-refractivity contribution is 5.94. The number of carbonyl (C=O) groups excluding carboxylic acids is 1. The van der Waals surface area contributed by atoms with Gasteiger partial charge in [0, 0.05) is 62.2 Å². The van der Waals surface area contributed by atoms with Crippen molar-refractivity contribution in [2.24, 2.45) is 5.41 Å². The summed E-state index contributed by atoms with van der Waals surface area (Å²) in [4.78, 5) is 38.7. The molecule has 2 aliphatic rings. The van der Waals surface area contributed by atoms with Crippen molar-refractivity contribution >= 4 is 17.8 Å². The van der Waals surface area contributed by atoms with Gasteiger partial charge in [-0.25, -0.2) is 18.4 Å². The molecular formula is C26H27F8N3O6. The van der Waals surface area contributed by atoms with Gasteiger partial charge >= 0.3 is 24.3 Å². The van der Waals surface area contributed by atoms with E-state index < -0.39 is 35.9 Å². The Hall–Kier alpha value is -3.86. The van der Waals surface area contributed by atoms with Crippen LogP contribution in [0.4, 0.5) is 35.1 Å². The van der Waals surface area contributed by atoms with Crippen LogP contribution in [0.5, 0.6) is 0 Å². The molecule has 9 nitrogen and oxygen atoms in total. The molecule has 1 aromatic heterocycles. The third-order valence-electron chi connectivity index (χ3n) is 6.38. The van der Waals surface area contributed by atoms with Crippen LogP contribution in [0.15, 0.2) is 42.7 Å². The molecule has 2 aromatic rings. The number of hydrogen-bond acceptors (Lipinski definition) is 6. The third kappa shape index (κ3) is 11.7. The molecule has 2 saturated heterocycles. The van der Waals surface area contributed by atoms with Gasteiger partial charge in [0.25, 0.3) is 5.91 Å². The summed E-state index contributed by atoms with van der Waals surface area (Å²) < 4.78 is 96.3. The second kappa shape index (κ2) is 15.0. The average Bonchev–Trinajstić information content (AvgIpc) is 3.10.